The van der Waals surface area contributed by atoms with Crippen LogP contribution in [0.15, 0.2) is 46.2 Å². The second-order valence-corrected chi connectivity index (χ2v) is 9.98. The maximum atomic E-state index is 12.6. The van der Waals surface area contributed by atoms with Crippen LogP contribution in [0.25, 0.3) is 33.4 Å². The van der Waals surface area contributed by atoms with E-state index in [2.05, 4.69) is 19.7 Å². The Morgan fingerprint density at radius 1 is 0.949 bits per heavy atom. The van der Waals surface area contributed by atoms with Gasteiger partial charge in [0.1, 0.15) is 27.8 Å². The van der Waals surface area contributed by atoms with Gasteiger partial charge in [0.25, 0.3) is 0 Å². The molecule has 1 aromatic carbocycles. The number of carbonyl (C=O) groups is 2. The number of benzene rings is 1. The molecule has 0 spiro atoms. The minimum atomic E-state index is -4.82. The van der Waals surface area contributed by atoms with Gasteiger partial charge in [-0.05, 0) is 64.1 Å². The molecule has 0 aliphatic carbocycles. The number of aryl methyl sites for hydroxylation is 1. The molecule has 0 aliphatic heterocycles. The molecule has 13 heteroatoms. The Balaban J connectivity index is 1.79. The predicted molar refractivity (Wildman–Crippen MR) is 134 cm³/mol. The largest absolute Gasteiger partial charge is 0.573 e. The Hall–Kier alpha value is -4.26. The molecule has 0 fully saturated rings. The molecule has 3 aromatic heterocycles. The molecule has 0 saturated heterocycles. The van der Waals surface area contributed by atoms with Crippen molar-refractivity contribution in [3.8, 4) is 39.2 Å². The number of halogens is 3. The number of thiazole rings is 1. The maximum Gasteiger partial charge on any atom is 0.573 e. The molecule has 0 aliphatic rings. The van der Waals surface area contributed by atoms with Crippen molar-refractivity contribution in [2.45, 2.75) is 39.7 Å². The van der Waals surface area contributed by atoms with Crippen LogP contribution in [0.1, 0.15) is 47.5 Å². The minimum absolute atomic E-state index is 0.0173. The molecule has 204 valence electrons. The molecule has 0 N–H and O–H groups in total. The van der Waals surface area contributed by atoms with Gasteiger partial charge in [0.2, 0.25) is 5.89 Å². The molecule has 9 nitrogen and oxygen atoms in total. The fourth-order valence-corrected chi connectivity index (χ4v) is 4.18. The zero-order valence-corrected chi connectivity index (χ0v) is 22.2. The number of esters is 2. The first-order valence-corrected chi connectivity index (χ1v) is 12.2. The first-order valence-electron chi connectivity index (χ1n) is 11.4. The third kappa shape index (κ3) is 6.60. The van der Waals surface area contributed by atoms with Gasteiger partial charge in [0, 0.05) is 10.9 Å². The van der Waals surface area contributed by atoms with Gasteiger partial charge in [-0.25, -0.2) is 24.5 Å². The molecule has 0 radical (unpaired) electrons. The van der Waals surface area contributed by atoms with Gasteiger partial charge in [-0.2, -0.15) is 0 Å². The van der Waals surface area contributed by atoms with E-state index in [1.165, 1.54) is 36.8 Å². The van der Waals surface area contributed by atoms with E-state index < -0.39 is 23.9 Å². The minimum Gasteiger partial charge on any atom is -0.464 e. The maximum absolute atomic E-state index is 12.6. The summed E-state index contributed by atoms with van der Waals surface area (Å²) < 4.78 is 57.4. The predicted octanol–water partition coefficient (Wildman–Crippen LogP) is 6.48. The molecular weight excluding hydrogens is 539 g/mol. The summed E-state index contributed by atoms with van der Waals surface area (Å²) in [6.45, 7) is 6.75. The Bertz CT molecular complexity index is 1520. The summed E-state index contributed by atoms with van der Waals surface area (Å²) >= 11 is 1.12. The van der Waals surface area contributed by atoms with Crippen molar-refractivity contribution in [2.24, 2.45) is 0 Å². The van der Waals surface area contributed by atoms with E-state index in [1.54, 1.807) is 39.8 Å². The lowest BCUT2D eigenvalue weighted by molar-refractivity contribution is -0.274. The lowest BCUT2D eigenvalue weighted by atomic mass is 10.1. The highest BCUT2D eigenvalue weighted by Crippen LogP contribution is 2.36. The van der Waals surface area contributed by atoms with Gasteiger partial charge < -0.3 is 18.6 Å². The average molecular weight is 562 g/mol. The third-order valence-electron chi connectivity index (χ3n) is 5.00. The summed E-state index contributed by atoms with van der Waals surface area (Å²) in [6.07, 6.45) is -4.82. The SMILES string of the molecule is COC(=O)c1nc(-c2ccc(-c3ccc(OC(F)(F)F)cc3)nc2-c2nc(C(=O)OC(C)(C)C)cs2)oc1C. The number of oxazole rings is 1. The summed E-state index contributed by atoms with van der Waals surface area (Å²) in [5.74, 6) is -1.40. The highest BCUT2D eigenvalue weighted by molar-refractivity contribution is 7.13. The van der Waals surface area contributed by atoms with Gasteiger partial charge in [0.15, 0.2) is 11.4 Å². The van der Waals surface area contributed by atoms with Crippen molar-refractivity contribution in [2.75, 3.05) is 7.11 Å². The van der Waals surface area contributed by atoms with E-state index in [9.17, 15) is 22.8 Å². The van der Waals surface area contributed by atoms with Gasteiger partial charge in [-0.1, -0.05) is 0 Å². The van der Waals surface area contributed by atoms with Crippen LogP contribution in [0.4, 0.5) is 13.2 Å². The van der Waals surface area contributed by atoms with Crippen molar-refractivity contribution in [3.63, 3.8) is 0 Å². The van der Waals surface area contributed by atoms with E-state index in [-0.39, 0.29) is 34.5 Å². The quantitative estimate of drug-likeness (QED) is 0.244. The van der Waals surface area contributed by atoms with Gasteiger partial charge in [-0.15, -0.1) is 24.5 Å². The lowest BCUT2D eigenvalue weighted by Gasteiger charge is -2.18. The number of rotatable bonds is 6. The number of alkyl halides is 3. The molecule has 0 unspecified atom stereocenters. The van der Waals surface area contributed by atoms with Crippen molar-refractivity contribution in [1.82, 2.24) is 15.0 Å². The second kappa shape index (κ2) is 10.5. The van der Waals surface area contributed by atoms with Crippen LogP contribution in [0.2, 0.25) is 0 Å². The monoisotopic (exact) mass is 561 g/mol. The van der Waals surface area contributed by atoms with Gasteiger partial charge in [0.05, 0.1) is 18.4 Å². The fraction of sp³-hybridized carbons (Fsp3) is 0.269. The highest BCUT2D eigenvalue weighted by Gasteiger charge is 2.31. The summed E-state index contributed by atoms with van der Waals surface area (Å²) in [7, 11) is 1.22. The summed E-state index contributed by atoms with van der Waals surface area (Å²) in [5.41, 5.74) is 0.816. The fourth-order valence-electron chi connectivity index (χ4n) is 3.39. The van der Waals surface area contributed by atoms with Crippen LogP contribution in [-0.4, -0.2) is 46.0 Å². The number of nitrogens with zero attached hydrogens (tertiary/aromatic N) is 3. The Morgan fingerprint density at radius 3 is 2.26 bits per heavy atom. The number of hydrogen-bond donors (Lipinski definition) is 0. The first kappa shape index (κ1) is 27.8. The van der Waals surface area contributed by atoms with Gasteiger partial charge in [-0.3, -0.25) is 0 Å². The number of carbonyl (C=O) groups excluding carboxylic acids is 2. The highest BCUT2D eigenvalue weighted by atomic mass is 32.1. The molecule has 0 amide bonds. The Morgan fingerprint density at radius 2 is 1.64 bits per heavy atom. The van der Waals surface area contributed by atoms with Crippen LogP contribution in [0.5, 0.6) is 5.75 Å². The molecule has 0 bridgehead atoms. The van der Waals surface area contributed by atoms with Crippen molar-refractivity contribution in [3.05, 3.63) is 58.9 Å². The molecule has 0 atom stereocenters. The van der Waals surface area contributed by atoms with Crippen LogP contribution in [-0.2, 0) is 9.47 Å². The van der Waals surface area contributed by atoms with Crippen molar-refractivity contribution < 1.29 is 41.4 Å². The topological polar surface area (TPSA) is 114 Å². The van der Waals surface area contributed by atoms with Crippen LogP contribution < -0.4 is 4.74 Å². The molecule has 4 rings (SSSR count). The number of pyridine rings is 1. The van der Waals surface area contributed by atoms with E-state index >= 15 is 0 Å². The van der Waals surface area contributed by atoms with Gasteiger partial charge >= 0.3 is 18.3 Å². The van der Waals surface area contributed by atoms with Crippen molar-refractivity contribution in [1.29, 1.82) is 0 Å². The van der Waals surface area contributed by atoms with Crippen LogP contribution >= 0.6 is 11.3 Å². The van der Waals surface area contributed by atoms with Crippen molar-refractivity contribution >= 4 is 23.3 Å². The Labute approximate surface area is 224 Å². The lowest BCUT2D eigenvalue weighted by Crippen LogP contribution is -2.24. The second-order valence-electron chi connectivity index (χ2n) is 9.12. The summed E-state index contributed by atoms with van der Waals surface area (Å²) in [4.78, 5) is 38.0. The Kier molecular flexibility index (Phi) is 7.46. The average Bonchev–Trinajstić information content (AvgIpc) is 3.49. The van der Waals surface area contributed by atoms with E-state index in [0.29, 0.717) is 21.8 Å². The molecule has 0 saturated carbocycles. The zero-order valence-electron chi connectivity index (χ0n) is 21.4. The normalized spacial score (nSPS) is 11.8. The molecule has 3 heterocycles. The van der Waals surface area contributed by atoms with Crippen LogP contribution in [0.3, 0.4) is 0 Å². The third-order valence-corrected chi connectivity index (χ3v) is 5.85. The molecule has 39 heavy (non-hydrogen) atoms. The van der Waals surface area contributed by atoms with E-state index in [0.717, 1.165) is 11.3 Å². The number of methoxy groups -OCH3 is 1. The van der Waals surface area contributed by atoms with E-state index in [4.69, 9.17) is 13.9 Å². The standard InChI is InChI=1S/C26H22F3N3O6S/c1-13-19(24(34)35-5)32-21(36-13)16-10-11-17(14-6-8-15(9-7-14)37-26(27,28)29)30-20(16)22-31-18(12-39-22)23(33)38-25(2,3)4/h6-12H,1-5H3. The summed E-state index contributed by atoms with van der Waals surface area (Å²) in [6, 6.07) is 8.41. The number of ether oxygens (including phenoxy) is 3. The molecule has 4 aromatic rings. The molecular formula is C26H22F3N3O6S. The smallest absolute Gasteiger partial charge is 0.464 e. The van der Waals surface area contributed by atoms with E-state index in [1.807, 2.05) is 0 Å². The first-order chi connectivity index (χ1) is 18.2. The number of hydrogen-bond acceptors (Lipinski definition) is 10. The zero-order chi connectivity index (χ0) is 28.5. The van der Waals surface area contributed by atoms with Crippen LogP contribution in [0, 0.1) is 6.92 Å². The number of aromatic nitrogens is 3. The summed E-state index contributed by atoms with van der Waals surface area (Å²) in [5, 5.41) is 1.84.